The largest absolute Gasteiger partial charge is 0.478 e. The summed E-state index contributed by atoms with van der Waals surface area (Å²) in [6.45, 7) is 4.94. The van der Waals surface area contributed by atoms with E-state index in [1.165, 1.54) is 0 Å². The topological polar surface area (TPSA) is 58.6 Å². The molecule has 1 saturated heterocycles. The maximum atomic E-state index is 10.5. The molecule has 0 radical (unpaired) electrons. The van der Waals surface area contributed by atoms with E-state index < -0.39 is 5.97 Å². The fourth-order valence-corrected chi connectivity index (χ4v) is 1.53. The molecule has 1 unspecified atom stereocenters. The molecule has 4 nitrogen and oxygen atoms in total. The van der Waals surface area contributed by atoms with Gasteiger partial charge in [0.1, 0.15) is 0 Å². The van der Waals surface area contributed by atoms with E-state index in [0.29, 0.717) is 18.0 Å². The van der Waals surface area contributed by atoms with Gasteiger partial charge in [0.15, 0.2) is 0 Å². The van der Waals surface area contributed by atoms with Gasteiger partial charge >= 0.3 is 5.97 Å². The Kier molecular flexibility index (Phi) is 5.36. The molecule has 1 aliphatic rings. The van der Waals surface area contributed by atoms with E-state index >= 15 is 0 Å². The van der Waals surface area contributed by atoms with Crippen molar-refractivity contribution in [3.05, 3.63) is 11.6 Å². The van der Waals surface area contributed by atoms with Crippen LogP contribution in [0, 0.1) is 5.92 Å². The molecule has 0 aromatic rings. The molecule has 15 heavy (non-hydrogen) atoms. The average molecular weight is 213 g/mol. The van der Waals surface area contributed by atoms with Crippen molar-refractivity contribution in [3.63, 3.8) is 0 Å². The second-order valence-corrected chi connectivity index (χ2v) is 3.91. The average Bonchev–Trinajstić information content (AvgIpc) is 2.69. The van der Waals surface area contributed by atoms with Gasteiger partial charge in [-0.2, -0.15) is 0 Å². The minimum Gasteiger partial charge on any atom is -0.478 e. The Bertz CT molecular complexity index is 232. The number of rotatable bonds is 6. The molecular weight excluding hydrogens is 194 g/mol. The highest BCUT2D eigenvalue weighted by Gasteiger charge is 2.14. The molecule has 0 spiro atoms. The second kappa shape index (κ2) is 6.58. The highest BCUT2D eigenvalue weighted by molar-refractivity contribution is 5.85. The molecule has 86 valence electrons. The van der Waals surface area contributed by atoms with Gasteiger partial charge in [0, 0.05) is 25.3 Å². The lowest BCUT2D eigenvalue weighted by molar-refractivity contribution is -0.132. The van der Waals surface area contributed by atoms with Crippen LogP contribution in [-0.2, 0) is 9.53 Å². The Morgan fingerprint density at radius 1 is 1.67 bits per heavy atom. The number of ether oxygens (including phenoxy) is 1. The summed E-state index contributed by atoms with van der Waals surface area (Å²) < 4.78 is 5.27. The van der Waals surface area contributed by atoms with Crippen LogP contribution in [0.3, 0.4) is 0 Å². The van der Waals surface area contributed by atoms with E-state index in [4.69, 9.17) is 9.84 Å². The van der Waals surface area contributed by atoms with Gasteiger partial charge in [-0.3, -0.25) is 0 Å². The Balaban J connectivity index is 2.01. The van der Waals surface area contributed by atoms with E-state index in [2.05, 4.69) is 5.32 Å². The predicted octanol–water partition coefficient (Wildman–Crippen LogP) is 1.03. The van der Waals surface area contributed by atoms with Crippen molar-refractivity contribution in [2.24, 2.45) is 5.92 Å². The highest BCUT2D eigenvalue weighted by atomic mass is 16.5. The molecule has 0 aromatic heterocycles. The third-order valence-electron chi connectivity index (χ3n) is 2.64. The first-order valence-corrected chi connectivity index (χ1v) is 5.38. The minimum absolute atomic E-state index is 0.395. The van der Waals surface area contributed by atoms with E-state index in [9.17, 15) is 4.79 Å². The standard InChI is InChI=1S/C11H19NO3/c1-9(11(13)14)2-5-12-6-3-10-4-7-15-8-10/h2,10,12H,3-8H2,1H3,(H,13,14). The van der Waals surface area contributed by atoms with Crippen molar-refractivity contribution in [1.82, 2.24) is 5.32 Å². The molecule has 0 saturated carbocycles. The summed E-state index contributed by atoms with van der Waals surface area (Å²) in [4.78, 5) is 10.5. The smallest absolute Gasteiger partial charge is 0.330 e. The normalized spacial score (nSPS) is 21.9. The first kappa shape index (κ1) is 12.2. The highest BCUT2D eigenvalue weighted by Crippen LogP contribution is 2.14. The van der Waals surface area contributed by atoms with E-state index in [1.807, 2.05) is 0 Å². The van der Waals surface area contributed by atoms with Gasteiger partial charge in [0.25, 0.3) is 0 Å². The zero-order chi connectivity index (χ0) is 11.1. The number of carboxylic acids is 1. The van der Waals surface area contributed by atoms with Crippen LogP contribution in [0.4, 0.5) is 0 Å². The molecule has 0 amide bonds. The summed E-state index contributed by atoms with van der Waals surface area (Å²) in [5.74, 6) is -0.164. The Morgan fingerprint density at radius 3 is 3.07 bits per heavy atom. The zero-order valence-corrected chi connectivity index (χ0v) is 9.16. The quantitative estimate of drug-likeness (QED) is 0.511. The lowest BCUT2D eigenvalue weighted by atomic mass is 10.1. The number of carboxylic acid groups (broad SMARTS) is 1. The molecule has 1 atom stereocenters. The van der Waals surface area contributed by atoms with Crippen LogP contribution in [0.15, 0.2) is 11.6 Å². The number of carbonyl (C=O) groups is 1. The number of hydrogen-bond donors (Lipinski definition) is 2. The second-order valence-electron chi connectivity index (χ2n) is 3.91. The van der Waals surface area contributed by atoms with Gasteiger partial charge in [0.05, 0.1) is 0 Å². The zero-order valence-electron chi connectivity index (χ0n) is 9.16. The third kappa shape index (κ3) is 4.95. The molecule has 4 heteroatoms. The van der Waals surface area contributed by atoms with Crippen LogP contribution in [-0.4, -0.2) is 37.4 Å². The molecule has 1 fully saturated rings. The van der Waals surface area contributed by atoms with Gasteiger partial charge in [-0.05, 0) is 32.2 Å². The van der Waals surface area contributed by atoms with Gasteiger partial charge in [0.2, 0.25) is 0 Å². The summed E-state index contributed by atoms with van der Waals surface area (Å²) in [6, 6.07) is 0. The summed E-state index contributed by atoms with van der Waals surface area (Å²) >= 11 is 0. The molecule has 2 N–H and O–H groups in total. The summed E-state index contributed by atoms with van der Waals surface area (Å²) in [5.41, 5.74) is 0.395. The SMILES string of the molecule is CC(=CCNCCC1CCOC1)C(=O)O. The van der Waals surface area contributed by atoms with Crippen molar-refractivity contribution in [2.75, 3.05) is 26.3 Å². The summed E-state index contributed by atoms with van der Waals surface area (Å²) in [6.07, 6.45) is 3.97. The first-order valence-electron chi connectivity index (χ1n) is 5.38. The van der Waals surface area contributed by atoms with Crippen LogP contribution >= 0.6 is 0 Å². The van der Waals surface area contributed by atoms with Crippen LogP contribution in [0.25, 0.3) is 0 Å². The Hall–Kier alpha value is -0.870. The molecule has 1 aliphatic heterocycles. The van der Waals surface area contributed by atoms with Crippen LogP contribution in [0.2, 0.25) is 0 Å². The number of nitrogens with one attached hydrogen (secondary N) is 1. The Morgan fingerprint density at radius 2 is 2.47 bits per heavy atom. The predicted molar refractivity (Wildman–Crippen MR) is 57.8 cm³/mol. The third-order valence-corrected chi connectivity index (χ3v) is 2.64. The number of aliphatic carboxylic acids is 1. The van der Waals surface area contributed by atoms with Crippen LogP contribution in [0.1, 0.15) is 19.8 Å². The van der Waals surface area contributed by atoms with E-state index in [-0.39, 0.29) is 0 Å². The summed E-state index contributed by atoms with van der Waals surface area (Å²) in [5, 5.41) is 11.8. The maximum Gasteiger partial charge on any atom is 0.330 e. The van der Waals surface area contributed by atoms with E-state index in [1.54, 1.807) is 13.0 Å². The van der Waals surface area contributed by atoms with Crippen molar-refractivity contribution in [1.29, 1.82) is 0 Å². The van der Waals surface area contributed by atoms with Crippen LogP contribution < -0.4 is 5.32 Å². The lowest BCUT2D eigenvalue weighted by Crippen LogP contribution is -2.19. The Labute approximate surface area is 90.3 Å². The van der Waals surface area contributed by atoms with Gasteiger partial charge < -0.3 is 15.2 Å². The van der Waals surface area contributed by atoms with Crippen molar-refractivity contribution < 1.29 is 14.6 Å². The first-order chi connectivity index (χ1) is 7.20. The van der Waals surface area contributed by atoms with Gasteiger partial charge in [-0.15, -0.1) is 0 Å². The fourth-order valence-electron chi connectivity index (χ4n) is 1.53. The molecule has 0 bridgehead atoms. The molecule has 1 heterocycles. The van der Waals surface area contributed by atoms with Gasteiger partial charge in [-0.1, -0.05) is 6.08 Å². The fraction of sp³-hybridized carbons (Fsp3) is 0.727. The molecule has 0 aromatic carbocycles. The molecular formula is C11H19NO3. The van der Waals surface area contributed by atoms with E-state index in [0.717, 1.165) is 32.6 Å². The monoisotopic (exact) mass is 213 g/mol. The van der Waals surface area contributed by atoms with Crippen molar-refractivity contribution in [3.8, 4) is 0 Å². The maximum absolute atomic E-state index is 10.5. The van der Waals surface area contributed by atoms with Crippen molar-refractivity contribution in [2.45, 2.75) is 19.8 Å². The summed E-state index contributed by atoms with van der Waals surface area (Å²) in [7, 11) is 0. The van der Waals surface area contributed by atoms with Gasteiger partial charge in [-0.25, -0.2) is 4.79 Å². The lowest BCUT2D eigenvalue weighted by Gasteiger charge is -2.07. The van der Waals surface area contributed by atoms with Crippen LogP contribution in [0.5, 0.6) is 0 Å². The number of hydrogen-bond acceptors (Lipinski definition) is 3. The minimum atomic E-state index is -0.846. The molecule has 0 aliphatic carbocycles. The molecule has 1 rings (SSSR count). The van der Waals surface area contributed by atoms with Crippen molar-refractivity contribution >= 4 is 5.97 Å².